The van der Waals surface area contributed by atoms with Gasteiger partial charge in [-0.15, -0.1) is 0 Å². The van der Waals surface area contributed by atoms with Crippen LogP contribution in [0.15, 0.2) is 60.8 Å². The van der Waals surface area contributed by atoms with E-state index in [2.05, 4.69) is 10.3 Å². The number of hydrogen-bond donors (Lipinski definition) is 1. The minimum Gasteiger partial charge on any atom is -0.454 e. The van der Waals surface area contributed by atoms with Gasteiger partial charge in [0, 0.05) is 37.3 Å². The van der Waals surface area contributed by atoms with Crippen molar-refractivity contribution in [2.45, 2.75) is 6.18 Å². The second-order valence-electron chi connectivity index (χ2n) is 8.28. The number of nitrogens with one attached hydrogen (secondary N) is 1. The number of fused-ring (bicyclic) bond motifs is 1. The van der Waals surface area contributed by atoms with Gasteiger partial charge >= 0.3 is 6.18 Å². The van der Waals surface area contributed by atoms with Gasteiger partial charge in [-0.25, -0.2) is 4.98 Å². The number of alkyl halides is 3. The first-order valence-electron chi connectivity index (χ1n) is 11.2. The van der Waals surface area contributed by atoms with Gasteiger partial charge in [-0.1, -0.05) is 0 Å². The molecule has 1 fully saturated rings. The molecular formula is C25H21F3N4O4. The molecule has 2 aromatic carbocycles. The number of amides is 2. The van der Waals surface area contributed by atoms with Gasteiger partial charge in [0.25, 0.3) is 11.8 Å². The van der Waals surface area contributed by atoms with E-state index in [1.54, 1.807) is 41.4 Å². The van der Waals surface area contributed by atoms with Crippen molar-refractivity contribution in [3.8, 4) is 11.5 Å². The molecule has 0 saturated carbocycles. The first kappa shape index (κ1) is 23.5. The molecule has 11 heteroatoms. The molecule has 0 atom stereocenters. The van der Waals surface area contributed by atoms with Crippen molar-refractivity contribution in [3.63, 3.8) is 0 Å². The summed E-state index contributed by atoms with van der Waals surface area (Å²) < 4.78 is 48.8. The Morgan fingerprint density at radius 1 is 0.861 bits per heavy atom. The van der Waals surface area contributed by atoms with E-state index < -0.39 is 11.7 Å². The molecule has 3 heterocycles. The van der Waals surface area contributed by atoms with Crippen LogP contribution < -0.4 is 19.7 Å². The number of carbonyl (C=O) groups excluding carboxylic acids is 2. The Hall–Kier alpha value is -4.28. The average molecular weight is 498 g/mol. The standard InChI is InChI=1S/C25H21F3N4O4/c26-25(27,28)18-4-1-16(2-5-18)24(34)32-11-9-31(10-12-32)22-8-6-19(14-29-22)30-23(33)17-3-7-20-21(13-17)36-15-35-20/h1-8,13-14H,9-12,15H2,(H,30,33). The fourth-order valence-corrected chi connectivity index (χ4v) is 4.01. The number of carbonyl (C=O) groups is 2. The molecule has 2 aliphatic heterocycles. The van der Waals surface area contributed by atoms with Gasteiger partial charge in [0.1, 0.15) is 5.82 Å². The van der Waals surface area contributed by atoms with E-state index in [0.29, 0.717) is 54.7 Å². The summed E-state index contributed by atoms with van der Waals surface area (Å²) >= 11 is 0. The van der Waals surface area contributed by atoms with E-state index in [-0.39, 0.29) is 24.2 Å². The maximum atomic E-state index is 12.8. The van der Waals surface area contributed by atoms with Crippen molar-refractivity contribution >= 4 is 23.3 Å². The highest BCUT2D eigenvalue weighted by Gasteiger charge is 2.31. The third kappa shape index (κ3) is 4.90. The Morgan fingerprint density at radius 2 is 1.56 bits per heavy atom. The van der Waals surface area contributed by atoms with Crippen molar-refractivity contribution in [2.75, 3.05) is 43.2 Å². The number of ether oxygens (including phenoxy) is 2. The average Bonchev–Trinajstić information content (AvgIpc) is 3.36. The van der Waals surface area contributed by atoms with Crippen molar-refractivity contribution in [3.05, 3.63) is 77.5 Å². The lowest BCUT2D eigenvalue weighted by Gasteiger charge is -2.35. The summed E-state index contributed by atoms with van der Waals surface area (Å²) in [5.74, 6) is 1.19. The van der Waals surface area contributed by atoms with Crippen molar-refractivity contribution < 1.29 is 32.2 Å². The number of anilines is 2. The van der Waals surface area contributed by atoms with Crippen molar-refractivity contribution in [1.29, 1.82) is 0 Å². The number of halogens is 3. The molecule has 3 aromatic rings. The molecule has 0 unspecified atom stereocenters. The summed E-state index contributed by atoms with van der Waals surface area (Å²) in [6, 6.07) is 12.7. The molecule has 1 N–H and O–H groups in total. The number of pyridine rings is 1. The van der Waals surface area contributed by atoms with E-state index in [1.165, 1.54) is 12.1 Å². The normalized spacial score (nSPS) is 15.1. The molecule has 0 spiro atoms. The topological polar surface area (TPSA) is 84.0 Å². The molecule has 36 heavy (non-hydrogen) atoms. The zero-order chi connectivity index (χ0) is 25.3. The summed E-state index contributed by atoms with van der Waals surface area (Å²) in [5.41, 5.74) is 0.386. The molecule has 0 bridgehead atoms. The molecule has 8 nitrogen and oxygen atoms in total. The van der Waals surface area contributed by atoms with Crippen molar-refractivity contribution in [2.24, 2.45) is 0 Å². The zero-order valence-corrected chi connectivity index (χ0v) is 18.9. The maximum Gasteiger partial charge on any atom is 0.416 e. The highest BCUT2D eigenvalue weighted by molar-refractivity contribution is 6.04. The Labute approximate surface area is 204 Å². The van der Waals surface area contributed by atoms with E-state index in [0.717, 1.165) is 12.1 Å². The molecule has 0 aliphatic carbocycles. The number of benzene rings is 2. The van der Waals surface area contributed by atoms with Crippen LogP contribution in [-0.2, 0) is 6.18 Å². The van der Waals surface area contributed by atoms with Crippen LogP contribution in [0, 0.1) is 0 Å². The predicted molar refractivity (Wildman–Crippen MR) is 124 cm³/mol. The van der Waals surface area contributed by atoms with Gasteiger partial charge in [-0.2, -0.15) is 13.2 Å². The van der Waals surface area contributed by atoms with Crippen LogP contribution in [0.1, 0.15) is 26.3 Å². The maximum absolute atomic E-state index is 12.8. The third-order valence-electron chi connectivity index (χ3n) is 5.99. The number of rotatable bonds is 4. The van der Waals surface area contributed by atoms with Gasteiger partial charge in [0.15, 0.2) is 11.5 Å². The van der Waals surface area contributed by atoms with Gasteiger partial charge in [-0.3, -0.25) is 9.59 Å². The Bertz CT molecular complexity index is 1270. The molecule has 5 rings (SSSR count). The van der Waals surface area contributed by atoms with Crippen LogP contribution in [0.3, 0.4) is 0 Å². The lowest BCUT2D eigenvalue weighted by Crippen LogP contribution is -2.49. The molecule has 2 amide bonds. The first-order chi connectivity index (χ1) is 17.3. The molecule has 1 aromatic heterocycles. The van der Waals surface area contributed by atoms with E-state index in [9.17, 15) is 22.8 Å². The van der Waals surface area contributed by atoms with Crippen LogP contribution in [-0.4, -0.2) is 54.7 Å². The SMILES string of the molecule is O=C(Nc1ccc(N2CCN(C(=O)c3ccc(C(F)(F)F)cc3)CC2)nc1)c1ccc2c(c1)OCO2. The van der Waals surface area contributed by atoms with Gasteiger partial charge in [-0.05, 0) is 54.6 Å². The Kier molecular flexibility index (Phi) is 6.13. The molecule has 0 radical (unpaired) electrons. The summed E-state index contributed by atoms with van der Waals surface area (Å²) in [5, 5.41) is 2.79. The highest BCUT2D eigenvalue weighted by Crippen LogP contribution is 2.33. The van der Waals surface area contributed by atoms with Crippen LogP contribution in [0.2, 0.25) is 0 Å². The fourth-order valence-electron chi connectivity index (χ4n) is 4.01. The minimum absolute atomic E-state index is 0.128. The van der Waals surface area contributed by atoms with E-state index in [1.807, 2.05) is 4.90 Å². The quantitative estimate of drug-likeness (QED) is 0.585. The van der Waals surface area contributed by atoms with Crippen LogP contribution in [0.4, 0.5) is 24.7 Å². The largest absolute Gasteiger partial charge is 0.454 e. The fraction of sp³-hybridized carbons (Fsp3) is 0.240. The van der Waals surface area contributed by atoms with Crippen LogP contribution >= 0.6 is 0 Å². The third-order valence-corrected chi connectivity index (χ3v) is 5.99. The van der Waals surface area contributed by atoms with E-state index >= 15 is 0 Å². The van der Waals surface area contributed by atoms with Gasteiger partial charge in [0.2, 0.25) is 6.79 Å². The number of hydrogen-bond acceptors (Lipinski definition) is 6. The van der Waals surface area contributed by atoms with Gasteiger partial charge < -0.3 is 24.6 Å². The lowest BCUT2D eigenvalue weighted by atomic mass is 10.1. The van der Waals surface area contributed by atoms with Crippen molar-refractivity contribution in [1.82, 2.24) is 9.88 Å². The Morgan fingerprint density at radius 3 is 2.22 bits per heavy atom. The van der Waals surface area contributed by atoms with Crippen LogP contribution in [0.25, 0.3) is 0 Å². The Balaban J connectivity index is 1.15. The lowest BCUT2D eigenvalue weighted by molar-refractivity contribution is -0.137. The first-order valence-corrected chi connectivity index (χ1v) is 11.2. The highest BCUT2D eigenvalue weighted by atomic mass is 19.4. The van der Waals surface area contributed by atoms with Crippen LogP contribution in [0.5, 0.6) is 11.5 Å². The molecule has 2 aliphatic rings. The monoisotopic (exact) mass is 498 g/mol. The second-order valence-corrected chi connectivity index (χ2v) is 8.28. The second kappa shape index (κ2) is 9.40. The smallest absolute Gasteiger partial charge is 0.416 e. The minimum atomic E-state index is -4.44. The van der Waals surface area contributed by atoms with E-state index in [4.69, 9.17) is 9.47 Å². The van der Waals surface area contributed by atoms with Gasteiger partial charge in [0.05, 0.1) is 17.4 Å². The molecule has 186 valence electrons. The number of piperazine rings is 1. The summed E-state index contributed by atoms with van der Waals surface area (Å²) in [6.45, 7) is 1.97. The molecule has 1 saturated heterocycles. The zero-order valence-electron chi connectivity index (χ0n) is 18.9. The summed E-state index contributed by atoms with van der Waals surface area (Å²) in [7, 11) is 0. The number of aromatic nitrogens is 1. The molecular weight excluding hydrogens is 477 g/mol. The number of nitrogens with zero attached hydrogens (tertiary/aromatic N) is 3. The summed E-state index contributed by atoms with van der Waals surface area (Å²) in [4.78, 5) is 33.3. The predicted octanol–water partition coefficient (Wildman–Crippen LogP) is 4.04. The summed E-state index contributed by atoms with van der Waals surface area (Å²) in [6.07, 6.45) is -2.88.